The first-order valence-corrected chi connectivity index (χ1v) is 8.71. The highest BCUT2D eigenvalue weighted by atomic mass is 32.1. The molecule has 2 aromatic carbocycles. The van der Waals surface area contributed by atoms with Gasteiger partial charge in [-0.25, -0.2) is 4.39 Å². The molecule has 3 nitrogen and oxygen atoms in total. The van der Waals surface area contributed by atoms with Crippen molar-refractivity contribution < 1.29 is 4.39 Å². The molecule has 2 aromatic rings. The van der Waals surface area contributed by atoms with E-state index < -0.39 is 0 Å². The number of likely N-dealkylation sites (tertiary alicyclic amines) is 1. The molecule has 0 amide bonds. The summed E-state index contributed by atoms with van der Waals surface area (Å²) in [6, 6.07) is 14.6. The number of hydrogen-bond acceptors (Lipinski definition) is 2. The zero-order chi connectivity index (χ0) is 16.8. The normalized spacial score (nSPS) is 14.5. The third-order valence-electron chi connectivity index (χ3n) is 4.25. The highest BCUT2D eigenvalue weighted by molar-refractivity contribution is 7.80. The zero-order valence-corrected chi connectivity index (χ0v) is 14.4. The van der Waals surface area contributed by atoms with Crippen molar-refractivity contribution in [1.82, 2.24) is 10.2 Å². The van der Waals surface area contributed by atoms with Crippen molar-refractivity contribution >= 4 is 23.0 Å². The molecule has 1 heterocycles. The zero-order valence-electron chi connectivity index (χ0n) is 13.6. The van der Waals surface area contributed by atoms with Crippen LogP contribution in [0.25, 0.3) is 0 Å². The summed E-state index contributed by atoms with van der Waals surface area (Å²) in [4.78, 5) is 2.49. The summed E-state index contributed by atoms with van der Waals surface area (Å²) in [6.07, 6.45) is 2.60. The monoisotopic (exact) mass is 343 g/mol. The standard InChI is InChI=1S/C19H22FN3S/c20-17-7-9-18(10-8-17)22-19(24)21-13-15-5-1-2-6-16(15)14-23-11-3-4-12-23/h1-2,5-10H,3-4,11-14H2,(H2,21,22,24). The summed E-state index contributed by atoms with van der Waals surface area (Å²) in [7, 11) is 0. The molecule has 3 rings (SSSR count). The minimum atomic E-state index is -0.254. The van der Waals surface area contributed by atoms with E-state index in [0.29, 0.717) is 11.7 Å². The van der Waals surface area contributed by atoms with Crippen molar-refractivity contribution in [3.63, 3.8) is 0 Å². The molecule has 0 atom stereocenters. The van der Waals surface area contributed by atoms with E-state index in [1.54, 1.807) is 12.1 Å². The number of hydrogen-bond donors (Lipinski definition) is 2. The molecule has 0 unspecified atom stereocenters. The van der Waals surface area contributed by atoms with Gasteiger partial charge in [0.2, 0.25) is 0 Å². The number of nitrogens with zero attached hydrogens (tertiary/aromatic N) is 1. The molecule has 0 saturated carbocycles. The Kier molecular flexibility index (Phi) is 5.77. The molecular weight excluding hydrogens is 321 g/mol. The van der Waals surface area contributed by atoms with Crippen LogP contribution in [0.5, 0.6) is 0 Å². The maximum Gasteiger partial charge on any atom is 0.171 e. The van der Waals surface area contributed by atoms with Crippen molar-refractivity contribution in [2.75, 3.05) is 18.4 Å². The van der Waals surface area contributed by atoms with E-state index in [1.807, 2.05) is 0 Å². The average Bonchev–Trinajstić information content (AvgIpc) is 3.09. The smallest absolute Gasteiger partial charge is 0.171 e. The van der Waals surface area contributed by atoms with E-state index >= 15 is 0 Å². The van der Waals surface area contributed by atoms with Crippen molar-refractivity contribution in [1.29, 1.82) is 0 Å². The van der Waals surface area contributed by atoms with Gasteiger partial charge in [0.05, 0.1) is 0 Å². The van der Waals surface area contributed by atoms with Gasteiger partial charge in [-0.3, -0.25) is 4.90 Å². The Morgan fingerprint density at radius 2 is 1.67 bits per heavy atom. The Hall–Kier alpha value is -1.98. The lowest BCUT2D eigenvalue weighted by molar-refractivity contribution is 0.330. The third kappa shape index (κ3) is 4.76. The lowest BCUT2D eigenvalue weighted by atomic mass is 10.1. The third-order valence-corrected chi connectivity index (χ3v) is 4.50. The summed E-state index contributed by atoms with van der Waals surface area (Å²) < 4.78 is 12.9. The Bertz CT molecular complexity index is 681. The van der Waals surface area contributed by atoms with Gasteiger partial charge in [-0.1, -0.05) is 24.3 Å². The van der Waals surface area contributed by atoms with E-state index in [4.69, 9.17) is 12.2 Å². The maximum atomic E-state index is 12.9. The van der Waals surface area contributed by atoms with Crippen LogP contribution >= 0.6 is 12.2 Å². The number of anilines is 1. The second-order valence-corrected chi connectivity index (χ2v) is 6.47. The molecule has 126 valence electrons. The number of thiocarbonyl (C=S) groups is 1. The largest absolute Gasteiger partial charge is 0.358 e. The highest BCUT2D eigenvalue weighted by Crippen LogP contribution is 2.16. The van der Waals surface area contributed by atoms with Crippen LogP contribution in [0.3, 0.4) is 0 Å². The van der Waals surface area contributed by atoms with Gasteiger partial charge in [-0.05, 0) is 73.5 Å². The van der Waals surface area contributed by atoms with Gasteiger partial charge in [0, 0.05) is 18.8 Å². The molecule has 1 aliphatic rings. The van der Waals surface area contributed by atoms with Crippen molar-refractivity contribution in [3.05, 3.63) is 65.5 Å². The van der Waals surface area contributed by atoms with E-state index in [1.165, 1.54) is 49.2 Å². The van der Waals surface area contributed by atoms with Crippen LogP contribution in [0.15, 0.2) is 48.5 Å². The summed E-state index contributed by atoms with van der Waals surface area (Å²) in [5, 5.41) is 6.85. The van der Waals surface area contributed by atoms with Crippen LogP contribution in [0.1, 0.15) is 24.0 Å². The molecule has 0 radical (unpaired) electrons. The molecular formula is C19H22FN3S. The van der Waals surface area contributed by atoms with Crippen LogP contribution in [-0.2, 0) is 13.1 Å². The van der Waals surface area contributed by atoms with Crippen molar-refractivity contribution in [2.45, 2.75) is 25.9 Å². The van der Waals surface area contributed by atoms with Crippen molar-refractivity contribution in [2.24, 2.45) is 0 Å². The van der Waals surface area contributed by atoms with Crippen LogP contribution in [0.4, 0.5) is 10.1 Å². The van der Waals surface area contributed by atoms with Gasteiger partial charge in [-0.2, -0.15) is 0 Å². The molecule has 1 fully saturated rings. The van der Waals surface area contributed by atoms with Gasteiger partial charge in [0.15, 0.2) is 5.11 Å². The van der Waals surface area contributed by atoms with E-state index in [9.17, 15) is 4.39 Å². The topological polar surface area (TPSA) is 27.3 Å². The first kappa shape index (κ1) is 16.9. The summed E-state index contributed by atoms with van der Waals surface area (Å²) >= 11 is 5.33. The van der Waals surface area contributed by atoms with Crippen LogP contribution in [0, 0.1) is 5.82 Å². The molecule has 2 N–H and O–H groups in total. The Labute approximate surface area is 147 Å². The maximum absolute atomic E-state index is 12.9. The predicted octanol–water partition coefficient (Wildman–Crippen LogP) is 3.91. The molecule has 0 spiro atoms. The first-order chi connectivity index (χ1) is 11.7. The van der Waals surface area contributed by atoms with Crippen molar-refractivity contribution in [3.8, 4) is 0 Å². The van der Waals surface area contributed by atoms with E-state index in [-0.39, 0.29) is 5.82 Å². The van der Waals surface area contributed by atoms with Crippen LogP contribution in [-0.4, -0.2) is 23.1 Å². The number of rotatable bonds is 5. The van der Waals surface area contributed by atoms with Gasteiger partial charge in [0.1, 0.15) is 5.82 Å². The van der Waals surface area contributed by atoms with Gasteiger partial charge >= 0.3 is 0 Å². The van der Waals surface area contributed by atoms with E-state index in [2.05, 4.69) is 39.8 Å². The minimum absolute atomic E-state index is 0.254. The fourth-order valence-electron chi connectivity index (χ4n) is 2.95. The second kappa shape index (κ2) is 8.22. The average molecular weight is 343 g/mol. The molecule has 0 aliphatic carbocycles. The molecule has 1 aliphatic heterocycles. The fraction of sp³-hybridized carbons (Fsp3) is 0.316. The van der Waals surface area contributed by atoms with Gasteiger partial charge in [-0.15, -0.1) is 0 Å². The predicted molar refractivity (Wildman–Crippen MR) is 100 cm³/mol. The summed E-state index contributed by atoms with van der Waals surface area (Å²) in [5.74, 6) is -0.254. The Balaban J connectivity index is 1.55. The molecule has 24 heavy (non-hydrogen) atoms. The quantitative estimate of drug-likeness (QED) is 0.805. The lowest BCUT2D eigenvalue weighted by Gasteiger charge is -2.18. The Morgan fingerprint density at radius 3 is 2.38 bits per heavy atom. The van der Waals surface area contributed by atoms with Crippen LogP contribution in [0.2, 0.25) is 0 Å². The summed E-state index contributed by atoms with van der Waals surface area (Å²) in [5.41, 5.74) is 3.38. The molecule has 0 aromatic heterocycles. The minimum Gasteiger partial charge on any atom is -0.358 e. The molecule has 0 bridgehead atoms. The number of benzene rings is 2. The first-order valence-electron chi connectivity index (χ1n) is 8.30. The van der Waals surface area contributed by atoms with Crippen LogP contribution < -0.4 is 10.6 Å². The van der Waals surface area contributed by atoms with Gasteiger partial charge in [0.25, 0.3) is 0 Å². The number of nitrogens with one attached hydrogen (secondary N) is 2. The van der Waals surface area contributed by atoms with E-state index in [0.717, 1.165) is 12.2 Å². The fourth-order valence-corrected chi connectivity index (χ4v) is 3.14. The second-order valence-electron chi connectivity index (χ2n) is 6.07. The molecule has 1 saturated heterocycles. The summed E-state index contributed by atoms with van der Waals surface area (Å²) in [6.45, 7) is 4.05. The highest BCUT2D eigenvalue weighted by Gasteiger charge is 2.13. The number of halogens is 1. The van der Waals surface area contributed by atoms with Gasteiger partial charge < -0.3 is 10.6 Å². The lowest BCUT2D eigenvalue weighted by Crippen LogP contribution is -2.28. The Morgan fingerprint density at radius 1 is 1.00 bits per heavy atom. The molecule has 5 heteroatoms. The SMILES string of the molecule is Fc1ccc(NC(=S)NCc2ccccc2CN2CCCC2)cc1.